The van der Waals surface area contributed by atoms with Crippen LogP contribution in [0.5, 0.6) is 0 Å². The van der Waals surface area contributed by atoms with Crippen LogP contribution in [-0.2, 0) is 0 Å². The third-order valence-electron chi connectivity index (χ3n) is 3.74. The van der Waals surface area contributed by atoms with Gasteiger partial charge in [0.2, 0.25) is 0 Å². The lowest BCUT2D eigenvalue weighted by Crippen LogP contribution is -2.27. The molecular formula is C17H26N2O. The summed E-state index contributed by atoms with van der Waals surface area (Å²) < 4.78 is 0. The summed E-state index contributed by atoms with van der Waals surface area (Å²) in [5, 5.41) is 22.2. The first kappa shape index (κ1) is 16.7. The Morgan fingerprint density at radius 2 is 1.90 bits per heavy atom. The Hall–Kier alpha value is -1.37. The van der Waals surface area contributed by atoms with Gasteiger partial charge in [0.25, 0.3) is 0 Å². The molecule has 0 aliphatic carbocycles. The molecule has 0 saturated carbocycles. The molecule has 1 aromatic carbocycles. The maximum Gasteiger partial charge on any atom is 0.0991 e. The number of hydrogen-bond acceptors (Lipinski definition) is 3. The molecule has 2 N–H and O–H groups in total. The van der Waals surface area contributed by atoms with E-state index in [1.807, 2.05) is 12.1 Å². The molecule has 2 unspecified atom stereocenters. The fraction of sp³-hybridized carbons (Fsp3) is 0.588. The molecule has 2 atom stereocenters. The van der Waals surface area contributed by atoms with Gasteiger partial charge in [0.05, 0.1) is 17.7 Å². The average Bonchev–Trinajstić information content (AvgIpc) is 2.50. The Labute approximate surface area is 122 Å². The summed E-state index contributed by atoms with van der Waals surface area (Å²) in [6.45, 7) is 5.96. The molecule has 0 aliphatic rings. The number of unbranched alkanes of at least 4 members (excludes halogenated alkanes) is 1. The van der Waals surface area contributed by atoms with Crippen LogP contribution in [-0.4, -0.2) is 18.2 Å². The van der Waals surface area contributed by atoms with Gasteiger partial charge >= 0.3 is 0 Å². The van der Waals surface area contributed by atoms with E-state index in [1.165, 1.54) is 25.7 Å². The SMILES string of the molecule is CCCCC(CC)CNCC(O)c1ccc(C#N)cc1. The van der Waals surface area contributed by atoms with E-state index in [2.05, 4.69) is 25.2 Å². The second kappa shape index (κ2) is 9.52. The molecular weight excluding hydrogens is 248 g/mol. The quantitative estimate of drug-likeness (QED) is 0.725. The van der Waals surface area contributed by atoms with Crippen molar-refractivity contribution in [3.8, 4) is 6.07 Å². The van der Waals surface area contributed by atoms with E-state index in [9.17, 15) is 5.11 Å². The van der Waals surface area contributed by atoms with E-state index in [1.54, 1.807) is 12.1 Å². The molecule has 3 nitrogen and oxygen atoms in total. The predicted molar refractivity (Wildman–Crippen MR) is 82.3 cm³/mol. The van der Waals surface area contributed by atoms with Gasteiger partial charge in [-0.1, -0.05) is 45.2 Å². The Bertz CT molecular complexity index is 408. The summed E-state index contributed by atoms with van der Waals surface area (Å²) in [4.78, 5) is 0. The molecule has 0 heterocycles. The minimum Gasteiger partial charge on any atom is -0.387 e. The molecule has 20 heavy (non-hydrogen) atoms. The van der Waals surface area contributed by atoms with Crippen LogP contribution in [0.25, 0.3) is 0 Å². The van der Waals surface area contributed by atoms with Gasteiger partial charge in [0.1, 0.15) is 0 Å². The molecule has 0 aliphatic heterocycles. The lowest BCUT2D eigenvalue weighted by atomic mass is 9.99. The number of nitriles is 1. The maximum atomic E-state index is 10.1. The zero-order valence-electron chi connectivity index (χ0n) is 12.6. The lowest BCUT2D eigenvalue weighted by molar-refractivity contribution is 0.172. The predicted octanol–water partition coefficient (Wildman–Crippen LogP) is 3.40. The zero-order chi connectivity index (χ0) is 14.8. The van der Waals surface area contributed by atoms with E-state index in [0.717, 1.165) is 12.1 Å². The molecule has 0 amide bonds. The van der Waals surface area contributed by atoms with E-state index in [0.29, 0.717) is 18.0 Å². The monoisotopic (exact) mass is 274 g/mol. The molecule has 1 aromatic rings. The third-order valence-corrected chi connectivity index (χ3v) is 3.74. The van der Waals surface area contributed by atoms with Gasteiger partial charge in [-0.3, -0.25) is 0 Å². The van der Waals surface area contributed by atoms with Crippen molar-refractivity contribution in [1.82, 2.24) is 5.32 Å². The van der Waals surface area contributed by atoms with Gasteiger partial charge in [0, 0.05) is 6.54 Å². The van der Waals surface area contributed by atoms with Crippen molar-refractivity contribution in [1.29, 1.82) is 5.26 Å². The Kier molecular flexibility index (Phi) is 7.94. The third kappa shape index (κ3) is 5.73. The van der Waals surface area contributed by atoms with Gasteiger partial charge in [-0.2, -0.15) is 5.26 Å². The Balaban J connectivity index is 2.34. The van der Waals surface area contributed by atoms with Crippen molar-refractivity contribution in [2.45, 2.75) is 45.6 Å². The summed E-state index contributed by atoms with van der Waals surface area (Å²) in [7, 11) is 0. The largest absolute Gasteiger partial charge is 0.387 e. The Morgan fingerprint density at radius 1 is 1.20 bits per heavy atom. The first-order valence-electron chi connectivity index (χ1n) is 7.60. The van der Waals surface area contributed by atoms with Gasteiger partial charge in [0.15, 0.2) is 0 Å². The first-order valence-corrected chi connectivity index (χ1v) is 7.60. The highest BCUT2D eigenvalue weighted by Crippen LogP contribution is 2.14. The molecule has 0 aromatic heterocycles. The molecule has 0 saturated heterocycles. The molecule has 1 rings (SSSR count). The van der Waals surface area contributed by atoms with E-state index in [-0.39, 0.29) is 0 Å². The lowest BCUT2D eigenvalue weighted by Gasteiger charge is -2.17. The fourth-order valence-corrected chi connectivity index (χ4v) is 2.27. The van der Waals surface area contributed by atoms with Crippen molar-refractivity contribution in [2.24, 2.45) is 5.92 Å². The standard InChI is InChI=1S/C17H26N2O/c1-3-5-6-14(4-2)12-19-13-17(20)16-9-7-15(11-18)8-10-16/h7-10,14,17,19-20H,3-6,12-13H2,1-2H3. The number of hydrogen-bond donors (Lipinski definition) is 2. The number of nitrogens with zero attached hydrogens (tertiary/aromatic N) is 1. The summed E-state index contributed by atoms with van der Waals surface area (Å²) in [6.07, 6.45) is 4.45. The van der Waals surface area contributed by atoms with E-state index in [4.69, 9.17) is 5.26 Å². The second-order valence-electron chi connectivity index (χ2n) is 5.32. The Morgan fingerprint density at radius 3 is 2.45 bits per heavy atom. The number of aliphatic hydroxyl groups is 1. The average molecular weight is 274 g/mol. The highest BCUT2D eigenvalue weighted by atomic mass is 16.3. The first-order chi connectivity index (χ1) is 9.71. The van der Waals surface area contributed by atoms with E-state index < -0.39 is 6.10 Å². The summed E-state index contributed by atoms with van der Waals surface area (Å²) in [6, 6.07) is 9.21. The molecule has 3 heteroatoms. The van der Waals surface area contributed by atoms with Crippen molar-refractivity contribution < 1.29 is 5.11 Å². The minimum atomic E-state index is -0.508. The van der Waals surface area contributed by atoms with Crippen LogP contribution in [0, 0.1) is 17.2 Å². The topological polar surface area (TPSA) is 56.0 Å². The zero-order valence-corrected chi connectivity index (χ0v) is 12.6. The van der Waals surface area contributed by atoms with E-state index >= 15 is 0 Å². The maximum absolute atomic E-state index is 10.1. The molecule has 0 fully saturated rings. The van der Waals surface area contributed by atoms with Crippen LogP contribution in [0.3, 0.4) is 0 Å². The fourth-order valence-electron chi connectivity index (χ4n) is 2.27. The van der Waals surface area contributed by atoms with Crippen LogP contribution in [0.15, 0.2) is 24.3 Å². The number of benzene rings is 1. The van der Waals surface area contributed by atoms with Crippen LogP contribution >= 0.6 is 0 Å². The minimum absolute atomic E-state index is 0.508. The smallest absolute Gasteiger partial charge is 0.0991 e. The van der Waals surface area contributed by atoms with Crippen LogP contribution in [0.2, 0.25) is 0 Å². The molecule has 0 spiro atoms. The van der Waals surface area contributed by atoms with Gasteiger partial charge in [-0.15, -0.1) is 0 Å². The molecule has 110 valence electrons. The normalized spacial score (nSPS) is 13.7. The van der Waals surface area contributed by atoms with Gasteiger partial charge in [-0.25, -0.2) is 0 Å². The van der Waals surface area contributed by atoms with Crippen molar-refractivity contribution in [2.75, 3.05) is 13.1 Å². The molecule has 0 bridgehead atoms. The van der Waals surface area contributed by atoms with Gasteiger partial charge in [-0.05, 0) is 36.6 Å². The van der Waals surface area contributed by atoms with Gasteiger partial charge < -0.3 is 10.4 Å². The summed E-state index contributed by atoms with van der Waals surface area (Å²) in [5.41, 5.74) is 1.48. The van der Waals surface area contributed by atoms with Crippen molar-refractivity contribution >= 4 is 0 Å². The van der Waals surface area contributed by atoms with Crippen LogP contribution < -0.4 is 5.32 Å². The molecule has 0 radical (unpaired) electrons. The highest BCUT2D eigenvalue weighted by molar-refractivity contribution is 5.32. The highest BCUT2D eigenvalue weighted by Gasteiger charge is 2.09. The van der Waals surface area contributed by atoms with Crippen LogP contribution in [0.4, 0.5) is 0 Å². The van der Waals surface area contributed by atoms with Crippen molar-refractivity contribution in [3.63, 3.8) is 0 Å². The summed E-state index contributed by atoms with van der Waals surface area (Å²) in [5.74, 6) is 0.697. The van der Waals surface area contributed by atoms with Crippen molar-refractivity contribution in [3.05, 3.63) is 35.4 Å². The number of aliphatic hydroxyl groups excluding tert-OH is 1. The summed E-state index contributed by atoms with van der Waals surface area (Å²) >= 11 is 0. The number of nitrogens with one attached hydrogen (secondary N) is 1. The van der Waals surface area contributed by atoms with Crippen LogP contribution in [0.1, 0.15) is 56.8 Å². The number of rotatable bonds is 9. The second-order valence-corrected chi connectivity index (χ2v) is 5.32.